The molecule has 2 aromatic carbocycles. The van der Waals surface area contributed by atoms with Crippen LogP contribution in [0.1, 0.15) is 18.4 Å². The van der Waals surface area contributed by atoms with Crippen molar-refractivity contribution in [2.75, 3.05) is 32.6 Å². The number of anilines is 2. The molecule has 1 aliphatic heterocycles. The number of methoxy groups -OCH3 is 1. The van der Waals surface area contributed by atoms with Crippen molar-refractivity contribution in [2.45, 2.75) is 18.9 Å². The largest absolute Gasteiger partial charge is 0.493 e. The maximum absolute atomic E-state index is 6.24. The summed E-state index contributed by atoms with van der Waals surface area (Å²) in [4.78, 5) is 11.4. The number of aromatic nitrogens is 2. The molecule has 0 bridgehead atoms. The first-order valence-corrected chi connectivity index (χ1v) is 9.68. The zero-order valence-corrected chi connectivity index (χ0v) is 16.7. The van der Waals surface area contributed by atoms with Crippen molar-refractivity contribution in [3.05, 3.63) is 48.2 Å². The maximum Gasteiger partial charge on any atom is 0.227 e. The Bertz CT molecular complexity index is 1050. The molecule has 0 unspecified atom stereocenters. The fourth-order valence-corrected chi connectivity index (χ4v) is 3.45. The lowest BCUT2D eigenvalue weighted by Gasteiger charge is -2.29. The molecule has 4 rings (SSSR count). The standard InChI is InChI=1S/C23H24N4O2/c1-4-16-6-5-7-18(12-16)25-23-24-15-17-13-22(21(28-3)14-20(17)26-23)29-19-8-10-27(2)11-9-19/h1,5-7,12-15,19H,8-11H2,2-3H3,(H,24,25,26). The summed E-state index contributed by atoms with van der Waals surface area (Å²) in [6.07, 6.45) is 9.47. The summed E-state index contributed by atoms with van der Waals surface area (Å²) >= 11 is 0. The highest BCUT2D eigenvalue weighted by atomic mass is 16.5. The molecule has 1 fully saturated rings. The van der Waals surface area contributed by atoms with E-state index in [0.29, 0.717) is 11.7 Å². The lowest BCUT2D eigenvalue weighted by atomic mass is 10.1. The molecule has 0 amide bonds. The van der Waals surface area contributed by atoms with Gasteiger partial charge in [-0.2, -0.15) is 0 Å². The predicted molar refractivity (Wildman–Crippen MR) is 115 cm³/mol. The second kappa shape index (κ2) is 8.38. The molecule has 0 saturated carbocycles. The van der Waals surface area contributed by atoms with Crippen LogP contribution in [0.3, 0.4) is 0 Å². The Morgan fingerprint density at radius 2 is 2.00 bits per heavy atom. The molecule has 6 heteroatoms. The summed E-state index contributed by atoms with van der Waals surface area (Å²) in [6.45, 7) is 2.08. The molecule has 0 radical (unpaired) electrons. The lowest BCUT2D eigenvalue weighted by molar-refractivity contribution is 0.111. The first-order chi connectivity index (χ1) is 14.1. The highest BCUT2D eigenvalue weighted by Gasteiger charge is 2.20. The van der Waals surface area contributed by atoms with Crippen LogP contribution >= 0.6 is 0 Å². The fourth-order valence-electron chi connectivity index (χ4n) is 3.45. The molecule has 0 aliphatic carbocycles. The van der Waals surface area contributed by atoms with Crippen LogP contribution in [-0.4, -0.2) is 48.2 Å². The minimum Gasteiger partial charge on any atom is -0.493 e. The van der Waals surface area contributed by atoms with Crippen molar-refractivity contribution in [3.63, 3.8) is 0 Å². The maximum atomic E-state index is 6.24. The van der Waals surface area contributed by atoms with Gasteiger partial charge in [0.1, 0.15) is 6.10 Å². The van der Waals surface area contributed by atoms with Gasteiger partial charge in [0.05, 0.1) is 12.6 Å². The van der Waals surface area contributed by atoms with Crippen LogP contribution in [0.4, 0.5) is 11.6 Å². The minimum absolute atomic E-state index is 0.197. The smallest absolute Gasteiger partial charge is 0.227 e. The van der Waals surface area contributed by atoms with E-state index in [1.807, 2.05) is 36.4 Å². The van der Waals surface area contributed by atoms with E-state index in [2.05, 4.69) is 33.2 Å². The van der Waals surface area contributed by atoms with Crippen molar-refractivity contribution < 1.29 is 9.47 Å². The number of ether oxygens (including phenoxy) is 2. The molecule has 6 nitrogen and oxygen atoms in total. The van der Waals surface area contributed by atoms with E-state index < -0.39 is 0 Å². The summed E-state index contributed by atoms with van der Waals surface area (Å²) in [6, 6.07) is 11.4. The fraction of sp³-hybridized carbons (Fsp3) is 0.304. The molecule has 1 aliphatic rings. The van der Waals surface area contributed by atoms with Crippen LogP contribution in [-0.2, 0) is 0 Å². The Morgan fingerprint density at radius 1 is 1.17 bits per heavy atom. The van der Waals surface area contributed by atoms with E-state index in [1.165, 1.54) is 0 Å². The summed E-state index contributed by atoms with van der Waals surface area (Å²) < 4.78 is 11.8. The topological polar surface area (TPSA) is 59.5 Å². The number of benzene rings is 2. The van der Waals surface area contributed by atoms with Crippen LogP contribution in [0.5, 0.6) is 11.5 Å². The predicted octanol–water partition coefficient (Wildman–Crippen LogP) is 3.84. The van der Waals surface area contributed by atoms with Crippen molar-refractivity contribution in [1.82, 2.24) is 14.9 Å². The van der Waals surface area contributed by atoms with Crippen molar-refractivity contribution in [3.8, 4) is 23.8 Å². The average molecular weight is 388 g/mol. The number of likely N-dealkylation sites (tertiary alicyclic amines) is 1. The van der Waals surface area contributed by atoms with Gasteiger partial charge in [-0.05, 0) is 44.2 Å². The van der Waals surface area contributed by atoms with Crippen LogP contribution in [0.2, 0.25) is 0 Å². The number of nitrogens with one attached hydrogen (secondary N) is 1. The lowest BCUT2D eigenvalue weighted by Crippen LogP contribution is -2.35. The van der Waals surface area contributed by atoms with Crippen LogP contribution in [0, 0.1) is 12.3 Å². The van der Waals surface area contributed by atoms with Gasteiger partial charge >= 0.3 is 0 Å². The van der Waals surface area contributed by atoms with Gasteiger partial charge in [0.15, 0.2) is 11.5 Å². The quantitative estimate of drug-likeness (QED) is 0.670. The third kappa shape index (κ3) is 4.41. The second-order valence-electron chi connectivity index (χ2n) is 7.23. The van der Waals surface area contributed by atoms with E-state index in [9.17, 15) is 0 Å². The van der Waals surface area contributed by atoms with Crippen molar-refractivity contribution in [2.24, 2.45) is 0 Å². The number of fused-ring (bicyclic) bond motifs is 1. The number of hydrogen-bond acceptors (Lipinski definition) is 6. The zero-order chi connectivity index (χ0) is 20.2. The van der Waals surface area contributed by atoms with E-state index in [-0.39, 0.29) is 6.10 Å². The monoisotopic (exact) mass is 388 g/mol. The van der Waals surface area contributed by atoms with Gasteiger partial charge in [0.25, 0.3) is 0 Å². The Hall–Kier alpha value is -3.30. The Morgan fingerprint density at radius 3 is 2.76 bits per heavy atom. The van der Waals surface area contributed by atoms with Crippen molar-refractivity contribution >= 4 is 22.5 Å². The van der Waals surface area contributed by atoms with Crippen LogP contribution < -0.4 is 14.8 Å². The highest BCUT2D eigenvalue weighted by molar-refractivity contribution is 5.83. The molecule has 1 N–H and O–H groups in total. The van der Waals surface area contributed by atoms with Gasteiger partial charge in [0.2, 0.25) is 5.95 Å². The molecule has 148 valence electrons. The molecule has 29 heavy (non-hydrogen) atoms. The van der Waals surface area contributed by atoms with E-state index in [1.54, 1.807) is 13.3 Å². The molecule has 0 atom stereocenters. The number of terminal acetylenes is 1. The minimum atomic E-state index is 0.197. The summed E-state index contributed by atoms with van der Waals surface area (Å²) in [5.74, 6) is 4.54. The highest BCUT2D eigenvalue weighted by Crippen LogP contribution is 2.34. The van der Waals surface area contributed by atoms with E-state index in [4.69, 9.17) is 15.9 Å². The Balaban J connectivity index is 1.58. The molecule has 0 spiro atoms. The molecular weight excluding hydrogens is 364 g/mol. The molecule has 2 heterocycles. The summed E-state index contributed by atoms with van der Waals surface area (Å²) in [7, 11) is 3.78. The van der Waals surface area contributed by atoms with Gasteiger partial charge in [0, 0.05) is 42.0 Å². The Labute approximate surface area is 170 Å². The number of hydrogen-bond donors (Lipinski definition) is 1. The average Bonchev–Trinajstić information content (AvgIpc) is 2.75. The molecule has 3 aromatic rings. The van der Waals surface area contributed by atoms with Crippen LogP contribution in [0.15, 0.2) is 42.6 Å². The van der Waals surface area contributed by atoms with Gasteiger partial charge in [-0.3, -0.25) is 0 Å². The molecule has 1 aromatic heterocycles. The Kier molecular flexibility index (Phi) is 5.50. The van der Waals surface area contributed by atoms with Crippen LogP contribution in [0.25, 0.3) is 10.9 Å². The first-order valence-electron chi connectivity index (χ1n) is 9.68. The van der Waals surface area contributed by atoms with Gasteiger partial charge in [-0.1, -0.05) is 12.0 Å². The third-order valence-corrected chi connectivity index (χ3v) is 5.11. The number of rotatable bonds is 5. The summed E-state index contributed by atoms with van der Waals surface area (Å²) in [5.41, 5.74) is 2.42. The van der Waals surface area contributed by atoms with E-state index in [0.717, 1.165) is 53.8 Å². The second-order valence-corrected chi connectivity index (χ2v) is 7.23. The molecular formula is C23H24N4O2. The third-order valence-electron chi connectivity index (χ3n) is 5.11. The van der Waals surface area contributed by atoms with Gasteiger partial charge < -0.3 is 19.7 Å². The van der Waals surface area contributed by atoms with Gasteiger partial charge in [-0.25, -0.2) is 9.97 Å². The SMILES string of the molecule is C#Cc1cccc(Nc2ncc3cc(OC4CCN(C)CC4)c(OC)cc3n2)c1. The zero-order valence-electron chi connectivity index (χ0n) is 16.7. The number of nitrogens with zero attached hydrogens (tertiary/aromatic N) is 3. The summed E-state index contributed by atoms with van der Waals surface area (Å²) in [5, 5.41) is 4.10. The normalized spacial score (nSPS) is 15.1. The molecule has 1 saturated heterocycles. The van der Waals surface area contributed by atoms with Gasteiger partial charge in [-0.15, -0.1) is 6.42 Å². The van der Waals surface area contributed by atoms with E-state index >= 15 is 0 Å². The number of piperidine rings is 1. The van der Waals surface area contributed by atoms with Crippen molar-refractivity contribution in [1.29, 1.82) is 0 Å². The first kappa shape index (κ1) is 19.0.